The largest absolute Gasteiger partial charge is 0.417 e. The quantitative estimate of drug-likeness (QED) is 0.445. The normalized spacial score (nSPS) is 24.6. The molecule has 8 heteroatoms. The second-order valence-corrected chi connectivity index (χ2v) is 16.6. The molecule has 0 radical (unpaired) electrons. The molecule has 2 fully saturated rings. The van der Waals surface area contributed by atoms with Crippen molar-refractivity contribution in [1.29, 1.82) is 0 Å². The zero-order chi connectivity index (χ0) is 22.2. The molecule has 170 valence electrons. The van der Waals surface area contributed by atoms with E-state index in [1.807, 2.05) is 6.92 Å². The van der Waals surface area contributed by atoms with Gasteiger partial charge in [-0.15, -0.1) is 0 Å². The number of benzene rings is 1. The Bertz CT molecular complexity index is 822. The highest BCUT2D eigenvalue weighted by Gasteiger charge is 2.50. The van der Waals surface area contributed by atoms with E-state index in [-0.39, 0.29) is 28.4 Å². The van der Waals surface area contributed by atoms with Gasteiger partial charge >= 0.3 is 0 Å². The topological polar surface area (TPSA) is 71.1 Å². The molecule has 1 heterocycles. The van der Waals surface area contributed by atoms with E-state index in [1.165, 1.54) is 0 Å². The zero-order valence-electron chi connectivity index (χ0n) is 19.1. The van der Waals surface area contributed by atoms with Gasteiger partial charge in [0.25, 0.3) is 10.1 Å². The van der Waals surface area contributed by atoms with Crippen LogP contribution in [0.25, 0.3) is 0 Å². The van der Waals surface area contributed by atoms with Gasteiger partial charge in [-0.3, -0.25) is 4.18 Å². The van der Waals surface area contributed by atoms with Gasteiger partial charge < -0.3 is 13.9 Å². The molecule has 1 aromatic rings. The summed E-state index contributed by atoms with van der Waals surface area (Å²) < 4.78 is 49.1. The highest BCUT2D eigenvalue weighted by molar-refractivity contribution is 7.86. The summed E-state index contributed by atoms with van der Waals surface area (Å²) in [4.78, 5) is 0.184. The number of rotatable bonds is 7. The second kappa shape index (κ2) is 8.63. The van der Waals surface area contributed by atoms with Crippen LogP contribution in [0.15, 0.2) is 29.2 Å². The van der Waals surface area contributed by atoms with Gasteiger partial charge in [0.15, 0.2) is 14.1 Å². The molecule has 1 aliphatic carbocycles. The maximum absolute atomic E-state index is 12.7. The van der Waals surface area contributed by atoms with E-state index in [0.717, 1.165) is 5.56 Å². The minimum absolute atomic E-state index is 0.00640. The summed E-state index contributed by atoms with van der Waals surface area (Å²) in [5.74, 6) is -0.498. The zero-order valence-corrected chi connectivity index (χ0v) is 20.9. The standard InChI is InChI=1S/C22H36O6SSi/c1-17-7-9-20(10-8-17)29(23,24)27-15-18-13-22(25-11-12-26-22)14-19(18)16-28-30(5,6)21(2,3)4/h7-10,18-19H,11-16H2,1-6H3/t18-,19-/m1/s1. The second-order valence-electron chi connectivity index (χ2n) is 10.2. The van der Waals surface area contributed by atoms with Crippen molar-refractivity contribution >= 4 is 18.4 Å². The minimum Gasteiger partial charge on any atom is -0.417 e. The molecule has 1 aliphatic heterocycles. The van der Waals surface area contributed by atoms with Gasteiger partial charge in [0.2, 0.25) is 0 Å². The molecule has 0 aromatic heterocycles. The van der Waals surface area contributed by atoms with Gasteiger partial charge in [0.05, 0.1) is 24.7 Å². The van der Waals surface area contributed by atoms with E-state index in [1.54, 1.807) is 24.3 Å². The monoisotopic (exact) mass is 456 g/mol. The lowest BCUT2D eigenvalue weighted by Crippen LogP contribution is -2.42. The summed E-state index contributed by atoms with van der Waals surface area (Å²) in [5, 5.41) is 0.116. The molecule has 0 bridgehead atoms. The van der Waals surface area contributed by atoms with Crippen LogP contribution < -0.4 is 0 Å². The van der Waals surface area contributed by atoms with E-state index < -0.39 is 24.2 Å². The lowest BCUT2D eigenvalue weighted by molar-refractivity contribution is -0.155. The molecule has 30 heavy (non-hydrogen) atoms. The van der Waals surface area contributed by atoms with Crippen LogP contribution in [0.5, 0.6) is 0 Å². The first-order valence-corrected chi connectivity index (χ1v) is 15.0. The van der Waals surface area contributed by atoms with Gasteiger partial charge in [-0.1, -0.05) is 38.5 Å². The van der Waals surface area contributed by atoms with Crippen LogP contribution in [-0.4, -0.2) is 48.9 Å². The summed E-state index contributed by atoms with van der Waals surface area (Å²) in [6, 6.07) is 6.72. The summed E-state index contributed by atoms with van der Waals surface area (Å²) in [6.07, 6.45) is 1.34. The lowest BCUT2D eigenvalue weighted by Gasteiger charge is -2.37. The van der Waals surface area contributed by atoms with E-state index in [2.05, 4.69) is 33.9 Å². The molecule has 1 saturated carbocycles. The van der Waals surface area contributed by atoms with Crippen molar-refractivity contribution in [3.05, 3.63) is 29.8 Å². The van der Waals surface area contributed by atoms with E-state index in [9.17, 15) is 8.42 Å². The van der Waals surface area contributed by atoms with Crippen LogP contribution in [0, 0.1) is 18.8 Å². The molecule has 1 spiro atoms. The van der Waals surface area contributed by atoms with Gasteiger partial charge in [-0.25, -0.2) is 0 Å². The highest BCUT2D eigenvalue weighted by atomic mass is 32.2. The Morgan fingerprint density at radius 1 is 1.03 bits per heavy atom. The fraction of sp³-hybridized carbons (Fsp3) is 0.727. The van der Waals surface area contributed by atoms with Crippen molar-refractivity contribution < 1.29 is 26.5 Å². The van der Waals surface area contributed by atoms with Crippen molar-refractivity contribution in [3.8, 4) is 0 Å². The molecule has 6 nitrogen and oxygen atoms in total. The Kier molecular flexibility index (Phi) is 6.87. The molecule has 1 aromatic carbocycles. The third-order valence-electron chi connectivity index (χ3n) is 6.84. The Hall–Kier alpha value is -0.773. The van der Waals surface area contributed by atoms with Gasteiger partial charge in [0.1, 0.15) is 0 Å². The predicted molar refractivity (Wildman–Crippen MR) is 118 cm³/mol. The maximum Gasteiger partial charge on any atom is 0.296 e. The third-order valence-corrected chi connectivity index (χ3v) is 12.6. The van der Waals surface area contributed by atoms with Crippen molar-refractivity contribution in [2.75, 3.05) is 26.4 Å². The van der Waals surface area contributed by atoms with Crippen LogP contribution in [0.3, 0.4) is 0 Å². The first-order chi connectivity index (χ1) is 13.8. The van der Waals surface area contributed by atoms with Gasteiger partial charge in [-0.2, -0.15) is 8.42 Å². The van der Waals surface area contributed by atoms with Crippen molar-refractivity contribution in [1.82, 2.24) is 0 Å². The summed E-state index contributed by atoms with van der Waals surface area (Å²) >= 11 is 0. The number of hydrogen-bond acceptors (Lipinski definition) is 6. The van der Waals surface area contributed by atoms with Crippen LogP contribution in [-0.2, 0) is 28.2 Å². The average molecular weight is 457 g/mol. The molecule has 0 amide bonds. The third kappa shape index (κ3) is 5.34. The molecule has 2 aliphatic rings. The average Bonchev–Trinajstić information content (AvgIpc) is 3.24. The maximum atomic E-state index is 12.7. The predicted octanol–water partition coefficient (Wildman–Crippen LogP) is 4.49. The Labute approximate surface area is 182 Å². The fourth-order valence-electron chi connectivity index (χ4n) is 3.82. The Morgan fingerprint density at radius 3 is 2.10 bits per heavy atom. The van der Waals surface area contributed by atoms with E-state index >= 15 is 0 Å². The number of aryl methyl sites for hydroxylation is 1. The van der Waals surface area contributed by atoms with Crippen LogP contribution in [0.2, 0.25) is 18.1 Å². The molecule has 2 atom stereocenters. The van der Waals surface area contributed by atoms with Crippen LogP contribution >= 0.6 is 0 Å². The molecular weight excluding hydrogens is 420 g/mol. The molecule has 0 unspecified atom stereocenters. The fourth-order valence-corrected chi connectivity index (χ4v) is 5.84. The van der Waals surface area contributed by atoms with Gasteiger partial charge in [0, 0.05) is 19.4 Å². The number of hydrogen-bond donors (Lipinski definition) is 0. The van der Waals surface area contributed by atoms with Crippen LogP contribution in [0.1, 0.15) is 39.2 Å². The van der Waals surface area contributed by atoms with Crippen molar-refractivity contribution in [2.45, 2.75) is 69.4 Å². The van der Waals surface area contributed by atoms with Crippen molar-refractivity contribution in [3.63, 3.8) is 0 Å². The lowest BCUT2D eigenvalue weighted by atomic mass is 9.98. The Balaban J connectivity index is 1.69. The van der Waals surface area contributed by atoms with E-state index in [4.69, 9.17) is 18.1 Å². The Morgan fingerprint density at radius 2 is 1.57 bits per heavy atom. The summed E-state index contributed by atoms with van der Waals surface area (Å²) in [7, 11) is -5.71. The number of ether oxygens (including phenoxy) is 2. The van der Waals surface area contributed by atoms with Crippen molar-refractivity contribution in [2.24, 2.45) is 11.8 Å². The SMILES string of the molecule is Cc1ccc(S(=O)(=O)OC[C@H]2CC3(C[C@@H]2CO[Si](C)(C)C(C)(C)C)OCCO3)cc1. The smallest absolute Gasteiger partial charge is 0.296 e. The molecule has 1 saturated heterocycles. The van der Waals surface area contributed by atoms with E-state index in [0.29, 0.717) is 32.7 Å². The molecule has 3 rings (SSSR count). The summed E-state index contributed by atoms with van der Waals surface area (Å²) in [5.41, 5.74) is 1.00. The first-order valence-electron chi connectivity index (χ1n) is 10.7. The van der Waals surface area contributed by atoms with Gasteiger partial charge in [-0.05, 0) is 49.0 Å². The highest BCUT2D eigenvalue weighted by Crippen LogP contribution is 2.46. The summed E-state index contributed by atoms with van der Waals surface area (Å²) in [6.45, 7) is 14.9. The first kappa shape index (κ1) is 23.9. The minimum atomic E-state index is -3.80. The van der Waals surface area contributed by atoms with Crippen LogP contribution in [0.4, 0.5) is 0 Å². The molecular formula is C22H36O6SSi. The molecule has 0 N–H and O–H groups in total.